The molecule has 0 radical (unpaired) electrons. The summed E-state index contributed by atoms with van der Waals surface area (Å²) in [7, 11) is 3.11. The summed E-state index contributed by atoms with van der Waals surface area (Å²) in [6.07, 6.45) is 0. The van der Waals surface area contributed by atoms with Gasteiger partial charge in [0.15, 0.2) is 0 Å². The first-order valence-corrected chi connectivity index (χ1v) is 11.8. The van der Waals surface area contributed by atoms with E-state index >= 15 is 0 Å². The van der Waals surface area contributed by atoms with Crippen molar-refractivity contribution in [2.45, 2.75) is 13.2 Å². The molecule has 37 heavy (non-hydrogen) atoms. The summed E-state index contributed by atoms with van der Waals surface area (Å²) in [5.74, 6) is 2.22. The van der Waals surface area contributed by atoms with Gasteiger partial charge in [0.25, 0.3) is 0 Å². The van der Waals surface area contributed by atoms with Crippen LogP contribution < -0.4 is 24.6 Å². The van der Waals surface area contributed by atoms with Crippen LogP contribution in [0.3, 0.4) is 0 Å². The third-order valence-electron chi connectivity index (χ3n) is 5.93. The molecular weight excluding hydrogens is 468 g/mol. The van der Waals surface area contributed by atoms with Crippen molar-refractivity contribution < 1.29 is 23.4 Å². The Morgan fingerprint density at radius 1 is 0.649 bits per heavy atom. The predicted octanol–water partition coefficient (Wildman–Crippen LogP) is 6.64. The maximum atomic E-state index is 13.1. The summed E-state index contributed by atoms with van der Waals surface area (Å²) in [4.78, 5) is 13.1. The normalized spacial score (nSPS) is 10.8. The molecule has 1 heterocycles. The van der Waals surface area contributed by atoms with E-state index in [-0.39, 0.29) is 0 Å². The van der Waals surface area contributed by atoms with Crippen LogP contribution in [0.1, 0.15) is 11.1 Å². The first-order chi connectivity index (χ1) is 18.1. The van der Waals surface area contributed by atoms with Gasteiger partial charge in [-0.15, -0.1) is 0 Å². The zero-order chi connectivity index (χ0) is 25.6. The van der Waals surface area contributed by atoms with E-state index in [4.69, 9.17) is 23.4 Å². The van der Waals surface area contributed by atoms with E-state index in [0.717, 1.165) is 11.1 Å². The van der Waals surface area contributed by atoms with Gasteiger partial charge in [0.2, 0.25) is 0 Å². The topological polar surface area (TPSA) is 67.1 Å². The van der Waals surface area contributed by atoms with Crippen molar-refractivity contribution in [3.8, 4) is 34.1 Å². The highest BCUT2D eigenvalue weighted by molar-refractivity contribution is 5.88. The summed E-state index contributed by atoms with van der Waals surface area (Å²) < 4.78 is 28.7. The second-order valence-electron chi connectivity index (χ2n) is 8.43. The lowest BCUT2D eigenvalue weighted by molar-refractivity contribution is 0.290. The Bertz CT molecular complexity index is 1500. The fourth-order valence-electron chi connectivity index (χ4n) is 4.03. The highest BCUT2D eigenvalue weighted by atomic mass is 16.5. The van der Waals surface area contributed by atoms with Crippen LogP contribution in [0.5, 0.6) is 23.0 Å². The summed E-state index contributed by atoms with van der Waals surface area (Å²) in [6.45, 7) is 0.755. The first kappa shape index (κ1) is 24.0. The van der Waals surface area contributed by atoms with Gasteiger partial charge < -0.3 is 23.4 Å². The molecule has 0 N–H and O–H groups in total. The van der Waals surface area contributed by atoms with Gasteiger partial charge in [-0.05, 0) is 34.9 Å². The van der Waals surface area contributed by atoms with Crippen molar-refractivity contribution >= 4 is 11.0 Å². The van der Waals surface area contributed by atoms with Crippen molar-refractivity contribution in [1.82, 2.24) is 0 Å². The zero-order valence-electron chi connectivity index (χ0n) is 20.6. The number of rotatable bonds is 9. The van der Waals surface area contributed by atoms with Crippen molar-refractivity contribution in [3.05, 3.63) is 119 Å². The Morgan fingerprint density at radius 2 is 1.24 bits per heavy atom. The van der Waals surface area contributed by atoms with Crippen LogP contribution in [-0.2, 0) is 13.2 Å². The quantitative estimate of drug-likeness (QED) is 0.214. The van der Waals surface area contributed by atoms with Crippen LogP contribution in [0.4, 0.5) is 0 Å². The first-order valence-electron chi connectivity index (χ1n) is 11.8. The zero-order valence-corrected chi connectivity index (χ0v) is 20.6. The minimum Gasteiger partial charge on any atom is -0.496 e. The molecule has 0 saturated carbocycles. The second kappa shape index (κ2) is 10.9. The van der Waals surface area contributed by atoms with Crippen LogP contribution >= 0.6 is 0 Å². The fraction of sp³-hybridized carbons (Fsp3) is 0.129. The Morgan fingerprint density at radius 3 is 1.78 bits per heavy atom. The molecule has 5 aromatic rings. The highest BCUT2D eigenvalue weighted by Gasteiger charge is 2.15. The Labute approximate surface area is 214 Å². The molecule has 0 fully saturated rings. The van der Waals surface area contributed by atoms with Crippen LogP contribution in [-0.4, -0.2) is 14.2 Å². The molecule has 0 atom stereocenters. The minimum atomic E-state index is -0.489. The lowest BCUT2D eigenvalue weighted by atomic mass is 10.0. The maximum Gasteiger partial charge on any atom is 0.344 e. The molecule has 0 amide bonds. The van der Waals surface area contributed by atoms with E-state index in [1.54, 1.807) is 32.4 Å². The minimum absolute atomic E-state index is 0.366. The molecule has 6 heteroatoms. The fourth-order valence-corrected chi connectivity index (χ4v) is 4.03. The summed E-state index contributed by atoms with van der Waals surface area (Å²) in [5, 5.41) is 0.653. The molecule has 5 rings (SSSR count). The van der Waals surface area contributed by atoms with Crippen molar-refractivity contribution in [1.29, 1.82) is 0 Å². The second-order valence-corrected chi connectivity index (χ2v) is 8.43. The molecule has 1 aromatic heterocycles. The lowest BCUT2D eigenvalue weighted by Gasteiger charge is -2.13. The smallest absolute Gasteiger partial charge is 0.344 e. The highest BCUT2D eigenvalue weighted by Crippen LogP contribution is 2.35. The van der Waals surface area contributed by atoms with Gasteiger partial charge in [0.05, 0.1) is 25.2 Å². The van der Waals surface area contributed by atoms with Crippen LogP contribution in [0, 0.1) is 0 Å². The van der Waals surface area contributed by atoms with E-state index in [9.17, 15) is 4.79 Å². The molecule has 0 aliphatic heterocycles. The summed E-state index contributed by atoms with van der Waals surface area (Å²) >= 11 is 0. The van der Waals surface area contributed by atoms with E-state index in [1.807, 2.05) is 78.9 Å². The van der Waals surface area contributed by atoms with E-state index in [0.29, 0.717) is 58.3 Å². The van der Waals surface area contributed by atoms with E-state index in [1.165, 1.54) is 0 Å². The number of hydrogen-bond donors (Lipinski definition) is 0. The van der Waals surface area contributed by atoms with Crippen LogP contribution in [0.15, 0.2) is 106 Å². The van der Waals surface area contributed by atoms with Gasteiger partial charge in [-0.1, -0.05) is 60.7 Å². The molecule has 6 nitrogen and oxygen atoms in total. The van der Waals surface area contributed by atoms with E-state index < -0.39 is 5.63 Å². The van der Waals surface area contributed by atoms with Gasteiger partial charge in [0, 0.05) is 18.2 Å². The van der Waals surface area contributed by atoms with E-state index in [2.05, 4.69) is 0 Å². The number of benzene rings is 4. The Balaban J connectivity index is 1.55. The van der Waals surface area contributed by atoms with Crippen LogP contribution in [0.2, 0.25) is 0 Å². The number of fused-ring (bicyclic) bond motifs is 1. The van der Waals surface area contributed by atoms with Gasteiger partial charge in [-0.25, -0.2) is 4.79 Å². The third-order valence-corrected chi connectivity index (χ3v) is 5.93. The molecule has 186 valence electrons. The Kier molecular flexibility index (Phi) is 7.08. The number of methoxy groups -OCH3 is 2. The molecule has 0 saturated heterocycles. The summed E-state index contributed by atoms with van der Waals surface area (Å²) in [5.41, 5.74) is 2.93. The van der Waals surface area contributed by atoms with Gasteiger partial charge in [-0.3, -0.25) is 0 Å². The third kappa shape index (κ3) is 5.59. The maximum absolute atomic E-state index is 13.1. The standard InChI is InChI=1S/C31H26O6/c1-33-24-16-29(34-2)28-18-27(31(32)37-30(28)17-24)23-13-25(35-19-21-9-5-3-6-10-21)15-26(14-23)36-20-22-11-7-4-8-12-22/h3-18H,19-20H2,1-2H3. The Hall–Kier alpha value is -4.71. The molecule has 0 aliphatic carbocycles. The average molecular weight is 495 g/mol. The molecule has 4 aromatic carbocycles. The summed E-state index contributed by atoms with van der Waals surface area (Å²) in [6, 6.07) is 30.4. The van der Waals surface area contributed by atoms with Gasteiger partial charge in [0.1, 0.15) is 41.8 Å². The average Bonchev–Trinajstić information content (AvgIpc) is 2.95. The molecule has 0 aliphatic rings. The van der Waals surface area contributed by atoms with Gasteiger partial charge in [-0.2, -0.15) is 0 Å². The van der Waals surface area contributed by atoms with Gasteiger partial charge >= 0.3 is 5.63 Å². The number of hydrogen-bond acceptors (Lipinski definition) is 6. The molecule has 0 spiro atoms. The molecule has 0 bridgehead atoms. The molecule has 0 unspecified atom stereocenters. The van der Waals surface area contributed by atoms with Crippen molar-refractivity contribution in [2.75, 3.05) is 14.2 Å². The lowest BCUT2D eigenvalue weighted by Crippen LogP contribution is -2.05. The molecular formula is C31H26O6. The van der Waals surface area contributed by atoms with Crippen LogP contribution in [0.25, 0.3) is 22.1 Å². The predicted molar refractivity (Wildman–Crippen MR) is 143 cm³/mol. The van der Waals surface area contributed by atoms with Crippen molar-refractivity contribution in [2.24, 2.45) is 0 Å². The van der Waals surface area contributed by atoms with Crippen molar-refractivity contribution in [3.63, 3.8) is 0 Å². The SMILES string of the molecule is COc1cc(OC)c2cc(-c3cc(OCc4ccccc4)cc(OCc4ccccc4)c3)c(=O)oc2c1. The monoisotopic (exact) mass is 494 g/mol. The number of ether oxygens (including phenoxy) is 4. The largest absolute Gasteiger partial charge is 0.496 e.